The lowest BCUT2D eigenvalue weighted by molar-refractivity contribution is -0.133. The third-order valence-electron chi connectivity index (χ3n) is 8.11. The summed E-state index contributed by atoms with van der Waals surface area (Å²) < 4.78 is 0. The summed E-state index contributed by atoms with van der Waals surface area (Å²) in [4.78, 5) is 53.3. The van der Waals surface area contributed by atoms with Gasteiger partial charge in [-0.3, -0.25) is 19.2 Å². The first-order valence-corrected chi connectivity index (χ1v) is 17.9. The van der Waals surface area contributed by atoms with E-state index in [1.165, 1.54) is 17.8 Å². The van der Waals surface area contributed by atoms with Gasteiger partial charge in [-0.2, -0.15) is 11.8 Å². The molecule has 2 rings (SSSR count). The van der Waals surface area contributed by atoms with E-state index < -0.39 is 42.0 Å². The van der Waals surface area contributed by atoms with E-state index >= 15 is 0 Å². The van der Waals surface area contributed by atoms with Crippen LogP contribution in [0.2, 0.25) is 0 Å². The van der Waals surface area contributed by atoms with Gasteiger partial charge < -0.3 is 31.5 Å². The first-order valence-electron chi connectivity index (χ1n) is 16.5. The van der Waals surface area contributed by atoms with Crippen molar-refractivity contribution in [2.24, 2.45) is 17.8 Å². The van der Waals surface area contributed by atoms with E-state index in [-0.39, 0.29) is 41.4 Å². The molecule has 0 aromatic heterocycles. The SMILES string of the molecule is CCC[C@H](C[C@H](O)[C@H](CC(C)C)NC(=O)[C@H](CSC)NC(=O)c1cccc(O)c1C)C(=O)N[C@H](C(=O)NCc1ccccc1)C(C)C. The Bertz CT molecular complexity index is 1310. The predicted molar refractivity (Wildman–Crippen MR) is 188 cm³/mol. The van der Waals surface area contributed by atoms with Gasteiger partial charge in [0.25, 0.3) is 5.91 Å². The standard InChI is InChI=1S/C36H54N4O6S/c1-8-13-26(33(43)40-32(23(4)5)36(46)37-20-25-14-10-9-11-15-25)19-31(42)28(18-22(2)3)38-35(45)29(21-47-7)39-34(44)27-16-12-17-30(41)24(27)6/h9-12,14-17,22-23,26,28-29,31-32,41-42H,8,13,18-21H2,1-7H3,(H,37,46)(H,38,45)(H,39,44)(H,40,43)/t26-,28+,29+,31+,32+/m1/s1. The van der Waals surface area contributed by atoms with Crippen LogP contribution in [0.3, 0.4) is 0 Å². The molecule has 260 valence electrons. The van der Waals surface area contributed by atoms with Gasteiger partial charge in [-0.1, -0.05) is 77.4 Å². The van der Waals surface area contributed by atoms with Crippen LogP contribution in [0.15, 0.2) is 48.5 Å². The minimum atomic E-state index is -1.05. The molecule has 11 heteroatoms. The van der Waals surface area contributed by atoms with E-state index in [1.807, 2.05) is 71.2 Å². The summed E-state index contributed by atoms with van der Waals surface area (Å²) in [7, 11) is 0. The molecule has 0 saturated heterocycles. The summed E-state index contributed by atoms with van der Waals surface area (Å²) in [6, 6.07) is 11.9. The number of nitrogens with one attached hydrogen (secondary N) is 4. The molecule has 0 aliphatic carbocycles. The van der Waals surface area contributed by atoms with Crippen molar-refractivity contribution in [3.05, 3.63) is 65.2 Å². The van der Waals surface area contributed by atoms with Gasteiger partial charge in [0.05, 0.1) is 12.1 Å². The molecule has 0 heterocycles. The molecule has 5 atom stereocenters. The molecule has 0 radical (unpaired) electrons. The quantitative estimate of drug-likeness (QED) is 0.130. The normalized spacial score (nSPS) is 14.5. The van der Waals surface area contributed by atoms with Gasteiger partial charge in [0.2, 0.25) is 17.7 Å². The van der Waals surface area contributed by atoms with Gasteiger partial charge in [-0.15, -0.1) is 0 Å². The van der Waals surface area contributed by atoms with Crippen LogP contribution in [0.25, 0.3) is 0 Å². The minimum absolute atomic E-state index is 0.0122. The molecule has 0 spiro atoms. The van der Waals surface area contributed by atoms with Crippen LogP contribution in [0.1, 0.15) is 81.8 Å². The lowest BCUT2D eigenvalue weighted by atomic mass is 9.88. The van der Waals surface area contributed by atoms with Crippen molar-refractivity contribution >= 4 is 35.4 Å². The summed E-state index contributed by atoms with van der Waals surface area (Å²) in [5.41, 5.74) is 1.63. The predicted octanol–water partition coefficient (Wildman–Crippen LogP) is 4.32. The smallest absolute Gasteiger partial charge is 0.252 e. The largest absolute Gasteiger partial charge is 0.508 e. The van der Waals surface area contributed by atoms with Gasteiger partial charge >= 0.3 is 0 Å². The van der Waals surface area contributed by atoms with E-state index in [9.17, 15) is 29.4 Å². The third kappa shape index (κ3) is 12.9. The average Bonchev–Trinajstić information content (AvgIpc) is 3.02. The zero-order valence-electron chi connectivity index (χ0n) is 28.8. The Hall–Kier alpha value is -3.57. The summed E-state index contributed by atoms with van der Waals surface area (Å²) in [5.74, 6) is -1.87. The highest BCUT2D eigenvalue weighted by molar-refractivity contribution is 7.98. The number of aromatic hydroxyl groups is 1. The van der Waals surface area contributed by atoms with Crippen LogP contribution < -0.4 is 21.3 Å². The van der Waals surface area contributed by atoms with Crippen LogP contribution >= 0.6 is 11.8 Å². The summed E-state index contributed by atoms with van der Waals surface area (Å²) in [6.45, 7) is 11.6. The molecular formula is C36H54N4O6S. The van der Waals surface area contributed by atoms with E-state index in [4.69, 9.17) is 0 Å². The van der Waals surface area contributed by atoms with Crippen LogP contribution in [0, 0.1) is 24.7 Å². The molecule has 2 aromatic carbocycles. The summed E-state index contributed by atoms with van der Waals surface area (Å²) >= 11 is 1.39. The maximum atomic E-state index is 13.6. The minimum Gasteiger partial charge on any atom is -0.508 e. The van der Waals surface area contributed by atoms with Gasteiger partial charge in [-0.25, -0.2) is 0 Å². The number of carbonyl (C=O) groups excluding carboxylic acids is 4. The lowest BCUT2D eigenvalue weighted by Crippen LogP contribution is -2.55. The van der Waals surface area contributed by atoms with E-state index in [0.29, 0.717) is 37.1 Å². The number of aliphatic hydroxyl groups is 1. The number of rotatable bonds is 19. The zero-order valence-corrected chi connectivity index (χ0v) is 29.7. The zero-order chi connectivity index (χ0) is 35.1. The van der Waals surface area contributed by atoms with Gasteiger partial charge in [0.1, 0.15) is 17.8 Å². The molecule has 0 aliphatic rings. The second-order valence-electron chi connectivity index (χ2n) is 12.9. The number of phenols is 1. The average molecular weight is 671 g/mol. The second-order valence-corrected chi connectivity index (χ2v) is 13.8. The fraction of sp³-hybridized carbons (Fsp3) is 0.556. The van der Waals surface area contributed by atoms with Gasteiger partial charge in [0.15, 0.2) is 0 Å². The monoisotopic (exact) mass is 670 g/mol. The Morgan fingerprint density at radius 1 is 0.851 bits per heavy atom. The molecular weight excluding hydrogens is 616 g/mol. The number of benzene rings is 2. The fourth-order valence-electron chi connectivity index (χ4n) is 5.42. The lowest BCUT2D eigenvalue weighted by Gasteiger charge is -2.31. The van der Waals surface area contributed by atoms with E-state index in [1.54, 1.807) is 19.1 Å². The maximum absolute atomic E-state index is 13.6. The Morgan fingerprint density at radius 3 is 2.13 bits per heavy atom. The molecule has 0 unspecified atom stereocenters. The van der Waals surface area contributed by atoms with Crippen molar-refractivity contribution in [2.75, 3.05) is 12.0 Å². The first kappa shape index (κ1) is 39.6. The van der Waals surface area contributed by atoms with Crippen molar-refractivity contribution in [1.29, 1.82) is 0 Å². The fourth-order valence-corrected chi connectivity index (χ4v) is 5.99. The summed E-state index contributed by atoms with van der Waals surface area (Å²) in [5, 5.41) is 33.1. The van der Waals surface area contributed by atoms with Gasteiger partial charge in [0, 0.05) is 29.3 Å². The van der Waals surface area contributed by atoms with Crippen molar-refractivity contribution in [2.45, 2.75) is 98.0 Å². The molecule has 2 aromatic rings. The number of amides is 4. The molecule has 47 heavy (non-hydrogen) atoms. The van der Waals surface area contributed by atoms with Crippen molar-refractivity contribution < 1.29 is 29.4 Å². The Labute approximate surface area is 284 Å². The Balaban J connectivity index is 2.15. The van der Waals surface area contributed by atoms with E-state index in [2.05, 4.69) is 21.3 Å². The number of carbonyl (C=O) groups is 4. The number of thioether (sulfide) groups is 1. The van der Waals surface area contributed by atoms with E-state index in [0.717, 1.165) is 5.56 Å². The number of hydrogen-bond acceptors (Lipinski definition) is 7. The van der Waals surface area contributed by atoms with Crippen LogP contribution in [-0.2, 0) is 20.9 Å². The number of hydrogen-bond donors (Lipinski definition) is 6. The van der Waals surface area contributed by atoms with Crippen molar-refractivity contribution in [1.82, 2.24) is 21.3 Å². The molecule has 4 amide bonds. The molecule has 10 nitrogen and oxygen atoms in total. The molecule has 6 N–H and O–H groups in total. The highest BCUT2D eigenvalue weighted by Crippen LogP contribution is 2.22. The Kier molecular flexibility index (Phi) is 16.8. The maximum Gasteiger partial charge on any atom is 0.252 e. The van der Waals surface area contributed by atoms with Crippen LogP contribution in [0.4, 0.5) is 0 Å². The third-order valence-corrected chi connectivity index (χ3v) is 8.78. The van der Waals surface area contributed by atoms with Crippen molar-refractivity contribution in [3.8, 4) is 5.75 Å². The topological polar surface area (TPSA) is 157 Å². The molecule has 0 saturated carbocycles. The number of aliphatic hydroxyl groups excluding tert-OH is 1. The van der Waals surface area contributed by atoms with Crippen molar-refractivity contribution in [3.63, 3.8) is 0 Å². The van der Waals surface area contributed by atoms with Gasteiger partial charge in [-0.05, 0) is 62.0 Å². The highest BCUT2D eigenvalue weighted by Gasteiger charge is 2.33. The summed E-state index contributed by atoms with van der Waals surface area (Å²) in [6.07, 6.45) is 2.51. The second kappa shape index (κ2) is 19.9. The van der Waals surface area contributed by atoms with Crippen LogP contribution in [0.5, 0.6) is 5.75 Å². The first-order chi connectivity index (χ1) is 22.3. The molecule has 0 fully saturated rings. The molecule has 0 bridgehead atoms. The Morgan fingerprint density at radius 2 is 1.53 bits per heavy atom. The van der Waals surface area contributed by atoms with Crippen LogP contribution in [-0.4, -0.2) is 70.1 Å². The highest BCUT2D eigenvalue weighted by atomic mass is 32.2. The molecule has 0 aliphatic heterocycles. The number of phenolic OH excluding ortho intramolecular Hbond substituents is 1.